The zero-order chi connectivity index (χ0) is 23.9. The lowest BCUT2D eigenvalue weighted by Crippen LogP contribution is -2.56. The SMILES string of the molecule is C[C@@H]1CC[C@@H]2C(=O)N(N(C(=O)c3ccccc3Cl)[C@H](C)C(=O)c3ccc(Cl)cc3)C(=O)[C@@H]2C1. The summed E-state index contributed by atoms with van der Waals surface area (Å²) in [5.74, 6) is -2.63. The zero-order valence-electron chi connectivity index (χ0n) is 18.3. The number of rotatable bonds is 5. The highest BCUT2D eigenvalue weighted by atomic mass is 35.5. The van der Waals surface area contributed by atoms with E-state index in [4.69, 9.17) is 23.2 Å². The van der Waals surface area contributed by atoms with Crippen LogP contribution in [0.25, 0.3) is 0 Å². The third-order valence-corrected chi connectivity index (χ3v) is 7.15. The summed E-state index contributed by atoms with van der Waals surface area (Å²) in [6.45, 7) is 3.56. The second-order valence-corrected chi connectivity index (χ2v) is 9.64. The summed E-state index contributed by atoms with van der Waals surface area (Å²) in [4.78, 5) is 53.8. The third kappa shape index (κ3) is 4.30. The second-order valence-electron chi connectivity index (χ2n) is 8.80. The number of hydrazine groups is 1. The largest absolute Gasteiger partial charge is 0.292 e. The van der Waals surface area contributed by atoms with Gasteiger partial charge in [0.15, 0.2) is 5.78 Å². The van der Waals surface area contributed by atoms with Crippen molar-refractivity contribution in [3.05, 3.63) is 69.7 Å². The van der Waals surface area contributed by atoms with Crippen LogP contribution in [0.1, 0.15) is 53.8 Å². The molecule has 2 aromatic rings. The Morgan fingerprint density at radius 3 is 2.27 bits per heavy atom. The van der Waals surface area contributed by atoms with Gasteiger partial charge in [-0.15, -0.1) is 0 Å². The molecule has 172 valence electrons. The number of nitrogens with zero attached hydrogens (tertiary/aromatic N) is 2. The number of imide groups is 1. The van der Waals surface area contributed by atoms with Crippen LogP contribution in [0.5, 0.6) is 0 Å². The van der Waals surface area contributed by atoms with E-state index in [2.05, 4.69) is 6.92 Å². The van der Waals surface area contributed by atoms with E-state index in [1.807, 2.05) is 0 Å². The van der Waals surface area contributed by atoms with Crippen LogP contribution >= 0.6 is 23.2 Å². The number of hydrogen-bond donors (Lipinski definition) is 0. The lowest BCUT2D eigenvalue weighted by molar-refractivity contribution is -0.156. The van der Waals surface area contributed by atoms with Crippen molar-refractivity contribution in [2.45, 2.75) is 39.2 Å². The molecule has 1 aliphatic heterocycles. The Labute approximate surface area is 202 Å². The van der Waals surface area contributed by atoms with Gasteiger partial charge in [-0.1, -0.05) is 42.3 Å². The second kappa shape index (κ2) is 9.27. The summed E-state index contributed by atoms with van der Waals surface area (Å²) in [5, 5.41) is 2.53. The van der Waals surface area contributed by atoms with Gasteiger partial charge in [-0.05, 0) is 68.5 Å². The van der Waals surface area contributed by atoms with E-state index < -0.39 is 41.4 Å². The van der Waals surface area contributed by atoms with Crippen molar-refractivity contribution in [1.29, 1.82) is 0 Å². The molecule has 2 aromatic carbocycles. The molecule has 1 saturated heterocycles. The first-order valence-corrected chi connectivity index (χ1v) is 11.7. The summed E-state index contributed by atoms with van der Waals surface area (Å²) in [6, 6.07) is 11.5. The average molecular weight is 487 g/mol. The van der Waals surface area contributed by atoms with Crippen molar-refractivity contribution in [3.8, 4) is 0 Å². The number of carbonyl (C=O) groups excluding carboxylic acids is 4. The van der Waals surface area contributed by atoms with Crippen LogP contribution in [0.3, 0.4) is 0 Å². The summed E-state index contributed by atoms with van der Waals surface area (Å²) in [5.41, 5.74) is 0.424. The van der Waals surface area contributed by atoms with Crippen LogP contribution in [0.15, 0.2) is 48.5 Å². The Hall–Kier alpha value is -2.70. The normalized spacial score (nSPS) is 23.3. The quantitative estimate of drug-likeness (QED) is 0.438. The van der Waals surface area contributed by atoms with E-state index in [1.165, 1.54) is 13.0 Å². The number of benzene rings is 2. The van der Waals surface area contributed by atoms with Gasteiger partial charge in [0, 0.05) is 10.6 Å². The standard InChI is InChI=1S/C25H24Cl2N2O4/c1-14-7-12-18-20(13-14)25(33)29(23(18)31)28(24(32)19-5-3-4-6-21(19)27)15(2)22(30)16-8-10-17(26)11-9-16/h3-6,8-11,14-15,18,20H,7,12-13H2,1-2H3/t14-,15-,18+,20-/m1/s1. The molecule has 0 N–H and O–H groups in total. The van der Waals surface area contributed by atoms with Crippen molar-refractivity contribution in [3.63, 3.8) is 0 Å². The van der Waals surface area contributed by atoms with Gasteiger partial charge in [-0.25, -0.2) is 5.01 Å². The number of amides is 3. The Balaban J connectivity index is 1.76. The van der Waals surface area contributed by atoms with Crippen LogP contribution in [-0.4, -0.2) is 39.6 Å². The fraction of sp³-hybridized carbons (Fsp3) is 0.360. The van der Waals surface area contributed by atoms with Crippen molar-refractivity contribution in [2.75, 3.05) is 0 Å². The van der Waals surface area contributed by atoms with Gasteiger partial charge in [0.2, 0.25) is 0 Å². The number of halogens is 2. The van der Waals surface area contributed by atoms with E-state index in [0.717, 1.165) is 16.4 Å². The van der Waals surface area contributed by atoms with Crippen molar-refractivity contribution in [2.24, 2.45) is 17.8 Å². The molecule has 2 aliphatic rings. The summed E-state index contributed by atoms with van der Waals surface area (Å²) in [6.07, 6.45) is 2.01. The first-order chi connectivity index (χ1) is 15.7. The Kier molecular flexibility index (Phi) is 6.59. The molecule has 0 bridgehead atoms. The smallest absolute Gasteiger partial charge is 0.275 e. The highest BCUT2D eigenvalue weighted by molar-refractivity contribution is 6.34. The van der Waals surface area contributed by atoms with E-state index in [1.54, 1.807) is 42.5 Å². The van der Waals surface area contributed by atoms with Gasteiger partial charge >= 0.3 is 0 Å². The predicted molar refractivity (Wildman–Crippen MR) is 125 cm³/mol. The van der Waals surface area contributed by atoms with Gasteiger partial charge in [0.25, 0.3) is 17.7 Å². The minimum absolute atomic E-state index is 0.110. The van der Waals surface area contributed by atoms with Gasteiger partial charge in [0.05, 0.1) is 22.4 Å². The van der Waals surface area contributed by atoms with E-state index >= 15 is 0 Å². The first kappa shape index (κ1) is 23.5. The Bertz CT molecular complexity index is 1120. The van der Waals surface area contributed by atoms with Crippen LogP contribution in [0.4, 0.5) is 0 Å². The maximum Gasteiger partial charge on any atom is 0.275 e. The topological polar surface area (TPSA) is 74.8 Å². The lowest BCUT2D eigenvalue weighted by atomic mass is 9.76. The van der Waals surface area contributed by atoms with Gasteiger partial charge in [0.1, 0.15) is 6.04 Å². The van der Waals surface area contributed by atoms with Gasteiger partial charge in [-0.2, -0.15) is 5.01 Å². The third-order valence-electron chi connectivity index (χ3n) is 6.57. The molecule has 6 nitrogen and oxygen atoms in total. The lowest BCUT2D eigenvalue weighted by Gasteiger charge is -2.35. The maximum atomic E-state index is 13.7. The molecule has 8 heteroatoms. The summed E-state index contributed by atoms with van der Waals surface area (Å²) >= 11 is 12.2. The number of carbonyl (C=O) groups is 4. The van der Waals surface area contributed by atoms with Gasteiger partial charge in [-0.3, -0.25) is 19.2 Å². The van der Waals surface area contributed by atoms with Crippen LogP contribution in [0, 0.1) is 17.8 Å². The molecule has 0 spiro atoms. The summed E-state index contributed by atoms with van der Waals surface area (Å²) < 4.78 is 0. The molecule has 1 saturated carbocycles. The van der Waals surface area contributed by atoms with E-state index in [9.17, 15) is 19.2 Å². The molecule has 1 aliphatic carbocycles. The minimum atomic E-state index is -1.12. The average Bonchev–Trinajstić information content (AvgIpc) is 3.04. The van der Waals surface area contributed by atoms with Crippen LogP contribution < -0.4 is 0 Å². The zero-order valence-corrected chi connectivity index (χ0v) is 19.8. The Morgan fingerprint density at radius 1 is 0.970 bits per heavy atom. The Morgan fingerprint density at radius 2 is 1.61 bits per heavy atom. The highest BCUT2D eigenvalue weighted by Gasteiger charge is 2.54. The number of fused-ring (bicyclic) bond motifs is 1. The van der Waals surface area contributed by atoms with Crippen molar-refractivity contribution < 1.29 is 19.2 Å². The fourth-order valence-corrected chi connectivity index (χ4v) is 5.09. The molecule has 1 heterocycles. The number of hydrogen-bond acceptors (Lipinski definition) is 4. The van der Waals surface area contributed by atoms with E-state index in [0.29, 0.717) is 29.3 Å². The number of ketones is 1. The fourth-order valence-electron chi connectivity index (χ4n) is 4.75. The molecule has 2 fully saturated rings. The predicted octanol–water partition coefficient (Wildman–Crippen LogP) is 5.04. The highest BCUT2D eigenvalue weighted by Crippen LogP contribution is 2.42. The van der Waals surface area contributed by atoms with Crippen molar-refractivity contribution in [1.82, 2.24) is 10.0 Å². The molecule has 4 atom stereocenters. The van der Waals surface area contributed by atoms with Crippen LogP contribution in [-0.2, 0) is 9.59 Å². The number of Topliss-reactive ketones (excluding diaryl/α,β-unsaturated/α-hetero) is 1. The molecule has 33 heavy (non-hydrogen) atoms. The van der Waals surface area contributed by atoms with Crippen molar-refractivity contribution >= 4 is 46.7 Å². The molecule has 3 amide bonds. The van der Waals surface area contributed by atoms with Crippen LogP contribution in [0.2, 0.25) is 10.0 Å². The molecule has 0 radical (unpaired) electrons. The summed E-state index contributed by atoms with van der Waals surface area (Å²) in [7, 11) is 0. The van der Waals surface area contributed by atoms with Gasteiger partial charge < -0.3 is 0 Å². The monoisotopic (exact) mass is 486 g/mol. The minimum Gasteiger partial charge on any atom is -0.292 e. The molecule has 4 rings (SSSR count). The molecular formula is C25H24Cl2N2O4. The maximum absolute atomic E-state index is 13.7. The molecule has 0 unspecified atom stereocenters. The van der Waals surface area contributed by atoms with E-state index in [-0.39, 0.29) is 10.6 Å². The molecular weight excluding hydrogens is 463 g/mol. The molecule has 0 aromatic heterocycles. The first-order valence-electron chi connectivity index (χ1n) is 11.0.